The Bertz CT molecular complexity index is 345. The molecule has 0 aromatic heterocycles. The molecule has 160 valence electrons. The summed E-state index contributed by atoms with van der Waals surface area (Å²) in [5.74, 6) is -0.0592. The van der Waals surface area contributed by atoms with E-state index in [0.717, 1.165) is 16.9 Å². The van der Waals surface area contributed by atoms with Gasteiger partial charge in [-0.15, -0.1) is 0 Å². The quantitative estimate of drug-likeness (QED) is 0.118. The van der Waals surface area contributed by atoms with Crippen LogP contribution < -0.4 is 0 Å². The van der Waals surface area contributed by atoms with Gasteiger partial charge in [-0.3, -0.25) is 4.79 Å². The number of unbranched alkanes of at least 4 members (excludes halogenated alkanes) is 14. The molecule has 3 heteroatoms. The van der Waals surface area contributed by atoms with Crippen LogP contribution in [0, 0.1) is 0 Å². The number of hydrogen-bond donors (Lipinski definition) is 0. The average molecular weight is 399 g/mol. The highest BCUT2D eigenvalue weighted by Gasteiger charge is 2.36. The molecule has 1 aliphatic heterocycles. The Labute approximate surface area is 174 Å². The lowest BCUT2D eigenvalue weighted by Crippen LogP contribution is -1.99. The molecule has 0 aromatic carbocycles. The van der Waals surface area contributed by atoms with Crippen molar-refractivity contribution in [2.45, 2.75) is 139 Å². The second-order valence-electron chi connectivity index (χ2n) is 8.42. The second-order valence-corrected chi connectivity index (χ2v) is 9.90. The third-order valence-electron chi connectivity index (χ3n) is 5.88. The fourth-order valence-corrected chi connectivity index (χ4v) is 5.18. The van der Waals surface area contributed by atoms with Crippen LogP contribution in [0.1, 0.15) is 129 Å². The Morgan fingerprint density at radius 3 is 1.52 bits per heavy atom. The van der Waals surface area contributed by atoms with E-state index in [-0.39, 0.29) is 5.97 Å². The zero-order chi connectivity index (χ0) is 19.6. The minimum atomic E-state index is -0.0592. The van der Waals surface area contributed by atoms with E-state index in [2.05, 4.69) is 23.4 Å². The van der Waals surface area contributed by atoms with Crippen molar-refractivity contribution in [2.24, 2.45) is 0 Å². The minimum Gasteiger partial charge on any atom is -0.469 e. The Balaban J connectivity index is 1.72. The lowest BCUT2D eigenvalue weighted by molar-refractivity contribution is -0.140. The van der Waals surface area contributed by atoms with Crippen LogP contribution in [0.3, 0.4) is 0 Å². The van der Waals surface area contributed by atoms with Crippen LogP contribution in [-0.2, 0) is 9.53 Å². The van der Waals surface area contributed by atoms with Crippen LogP contribution in [0.15, 0.2) is 0 Å². The van der Waals surface area contributed by atoms with E-state index in [9.17, 15) is 4.79 Å². The van der Waals surface area contributed by atoms with Crippen molar-refractivity contribution in [1.82, 2.24) is 0 Å². The maximum Gasteiger partial charge on any atom is 0.305 e. The number of carbonyl (C=O) groups excluding carboxylic acids is 1. The zero-order valence-electron chi connectivity index (χ0n) is 18.3. The lowest BCUT2D eigenvalue weighted by atomic mass is 10.0. The molecule has 0 N–H and O–H groups in total. The van der Waals surface area contributed by atoms with Crippen LogP contribution in [0.2, 0.25) is 0 Å². The monoisotopic (exact) mass is 398 g/mol. The number of esters is 1. The third-order valence-corrected chi connectivity index (χ3v) is 7.39. The van der Waals surface area contributed by atoms with E-state index in [1.165, 1.54) is 116 Å². The van der Waals surface area contributed by atoms with Gasteiger partial charge in [-0.05, 0) is 19.3 Å². The molecule has 0 aromatic rings. The molecule has 2 unspecified atom stereocenters. The van der Waals surface area contributed by atoms with Crippen LogP contribution in [0.5, 0.6) is 0 Å². The first-order valence-electron chi connectivity index (χ1n) is 12.0. The molecule has 1 rings (SSSR count). The maximum atomic E-state index is 11.0. The standard InChI is InChI=1S/C24H46O2S/c1-3-4-5-6-7-8-9-10-11-12-13-14-16-19-22-23(27-22)20-17-15-18-21-24(25)26-2/h22-23H,3-21H2,1-2H3. The van der Waals surface area contributed by atoms with Gasteiger partial charge in [0.25, 0.3) is 0 Å². The van der Waals surface area contributed by atoms with Crippen molar-refractivity contribution in [2.75, 3.05) is 7.11 Å². The van der Waals surface area contributed by atoms with E-state index in [0.29, 0.717) is 6.42 Å². The van der Waals surface area contributed by atoms with Gasteiger partial charge in [-0.1, -0.05) is 103 Å². The molecule has 1 aliphatic rings. The number of thioether (sulfide) groups is 1. The smallest absolute Gasteiger partial charge is 0.305 e. The summed E-state index contributed by atoms with van der Waals surface area (Å²) in [6.07, 6.45) is 25.6. The van der Waals surface area contributed by atoms with Crippen molar-refractivity contribution in [3.05, 3.63) is 0 Å². The minimum absolute atomic E-state index is 0.0592. The predicted octanol–water partition coefficient (Wildman–Crippen LogP) is 8.08. The molecule has 2 atom stereocenters. The van der Waals surface area contributed by atoms with Gasteiger partial charge in [-0.25, -0.2) is 0 Å². The third kappa shape index (κ3) is 15.4. The van der Waals surface area contributed by atoms with Crippen LogP contribution in [-0.4, -0.2) is 23.6 Å². The summed E-state index contributed by atoms with van der Waals surface area (Å²) in [4.78, 5) is 11.0. The molecular formula is C24H46O2S. The van der Waals surface area contributed by atoms with E-state index >= 15 is 0 Å². The molecular weight excluding hydrogens is 352 g/mol. The van der Waals surface area contributed by atoms with Crippen LogP contribution >= 0.6 is 11.8 Å². The molecule has 1 fully saturated rings. The van der Waals surface area contributed by atoms with Gasteiger partial charge in [0, 0.05) is 16.9 Å². The summed E-state index contributed by atoms with van der Waals surface area (Å²) >= 11 is 2.20. The highest BCUT2D eigenvalue weighted by atomic mass is 32.2. The summed E-state index contributed by atoms with van der Waals surface area (Å²) in [5.41, 5.74) is 0. The molecule has 2 nitrogen and oxygen atoms in total. The number of hydrogen-bond acceptors (Lipinski definition) is 3. The molecule has 0 bridgehead atoms. The van der Waals surface area contributed by atoms with Crippen molar-refractivity contribution in [3.63, 3.8) is 0 Å². The summed E-state index contributed by atoms with van der Waals surface area (Å²) < 4.78 is 4.68. The van der Waals surface area contributed by atoms with Crippen LogP contribution in [0.4, 0.5) is 0 Å². The number of methoxy groups -OCH3 is 1. The molecule has 0 amide bonds. The first kappa shape index (κ1) is 24.9. The number of rotatable bonds is 20. The molecule has 1 heterocycles. The summed E-state index contributed by atoms with van der Waals surface area (Å²) in [7, 11) is 1.48. The molecule has 0 saturated carbocycles. The maximum absolute atomic E-state index is 11.0. The van der Waals surface area contributed by atoms with Crippen molar-refractivity contribution in [3.8, 4) is 0 Å². The van der Waals surface area contributed by atoms with Gasteiger partial charge in [0.2, 0.25) is 0 Å². The SMILES string of the molecule is CCCCCCCCCCCCCCCC1SC1CCCCCC(=O)OC. The first-order valence-corrected chi connectivity index (χ1v) is 12.9. The van der Waals surface area contributed by atoms with Crippen molar-refractivity contribution >= 4 is 17.7 Å². The van der Waals surface area contributed by atoms with Gasteiger partial charge in [0.1, 0.15) is 0 Å². The summed E-state index contributed by atoms with van der Waals surface area (Å²) in [6.45, 7) is 2.29. The highest BCUT2D eigenvalue weighted by Crippen LogP contribution is 2.47. The average Bonchev–Trinajstić information content (AvgIpc) is 3.43. The van der Waals surface area contributed by atoms with Gasteiger partial charge >= 0.3 is 5.97 Å². The van der Waals surface area contributed by atoms with Gasteiger partial charge in [-0.2, -0.15) is 11.8 Å². The number of ether oxygens (including phenoxy) is 1. The summed E-state index contributed by atoms with van der Waals surface area (Å²) in [6, 6.07) is 0. The Morgan fingerprint density at radius 2 is 1.07 bits per heavy atom. The fourth-order valence-electron chi connectivity index (χ4n) is 3.94. The Kier molecular flexibility index (Phi) is 16.5. The molecule has 1 saturated heterocycles. The Hall–Kier alpha value is -0.180. The van der Waals surface area contributed by atoms with E-state index in [1.807, 2.05) is 0 Å². The van der Waals surface area contributed by atoms with Gasteiger partial charge < -0.3 is 4.74 Å². The normalized spacial score (nSPS) is 18.6. The van der Waals surface area contributed by atoms with E-state index < -0.39 is 0 Å². The molecule has 27 heavy (non-hydrogen) atoms. The zero-order valence-corrected chi connectivity index (χ0v) is 19.1. The largest absolute Gasteiger partial charge is 0.469 e. The van der Waals surface area contributed by atoms with Gasteiger partial charge in [0.05, 0.1) is 7.11 Å². The molecule has 0 aliphatic carbocycles. The summed E-state index contributed by atoms with van der Waals surface area (Å²) in [5, 5.41) is 1.89. The first-order chi connectivity index (χ1) is 13.3. The highest BCUT2D eigenvalue weighted by molar-refractivity contribution is 8.07. The lowest BCUT2D eigenvalue weighted by Gasteiger charge is -2.03. The topological polar surface area (TPSA) is 26.3 Å². The Morgan fingerprint density at radius 1 is 0.667 bits per heavy atom. The molecule has 0 spiro atoms. The van der Waals surface area contributed by atoms with Crippen LogP contribution in [0.25, 0.3) is 0 Å². The van der Waals surface area contributed by atoms with Gasteiger partial charge in [0.15, 0.2) is 0 Å². The second kappa shape index (κ2) is 17.9. The molecule has 0 radical (unpaired) electrons. The van der Waals surface area contributed by atoms with E-state index in [1.54, 1.807) is 0 Å². The van der Waals surface area contributed by atoms with Crippen molar-refractivity contribution < 1.29 is 9.53 Å². The van der Waals surface area contributed by atoms with E-state index in [4.69, 9.17) is 0 Å². The number of carbonyl (C=O) groups is 1. The van der Waals surface area contributed by atoms with Crippen molar-refractivity contribution in [1.29, 1.82) is 0 Å². The predicted molar refractivity (Wildman–Crippen MR) is 121 cm³/mol. The fraction of sp³-hybridized carbons (Fsp3) is 0.958.